The van der Waals surface area contributed by atoms with Crippen molar-refractivity contribution >= 4 is 5.91 Å². The van der Waals surface area contributed by atoms with Gasteiger partial charge in [0.15, 0.2) is 0 Å². The Balaban J connectivity index is 1.66. The minimum atomic E-state index is 0.125. The van der Waals surface area contributed by atoms with Crippen molar-refractivity contribution in [1.82, 2.24) is 24.9 Å². The van der Waals surface area contributed by atoms with Gasteiger partial charge in [0, 0.05) is 52.4 Å². The molecule has 3 rings (SSSR count). The molecule has 6 nitrogen and oxygen atoms in total. The third-order valence-corrected chi connectivity index (χ3v) is 4.83. The lowest BCUT2D eigenvalue weighted by Crippen LogP contribution is -2.49. The number of aryl methyl sites for hydroxylation is 1. The van der Waals surface area contributed by atoms with Crippen LogP contribution in [0.3, 0.4) is 0 Å². The predicted octanol–water partition coefficient (Wildman–Crippen LogP) is 0.663. The van der Waals surface area contributed by atoms with E-state index in [1.807, 2.05) is 18.0 Å². The van der Waals surface area contributed by atoms with Crippen molar-refractivity contribution in [3.8, 4) is 0 Å². The Hall–Kier alpha value is -1.40. The van der Waals surface area contributed by atoms with Gasteiger partial charge in [0.25, 0.3) is 5.91 Å². The average molecular weight is 305 g/mol. The van der Waals surface area contributed by atoms with Crippen LogP contribution >= 0.6 is 0 Å². The molecule has 3 heterocycles. The zero-order chi connectivity index (χ0) is 15.7. The fraction of sp³-hybridized carbons (Fsp3) is 0.750. The average Bonchev–Trinajstić information content (AvgIpc) is 3.14. The second-order valence-corrected chi connectivity index (χ2v) is 6.71. The second-order valence-electron chi connectivity index (χ2n) is 6.71. The van der Waals surface area contributed by atoms with Crippen molar-refractivity contribution in [3.63, 3.8) is 0 Å². The Bertz CT molecular complexity index is 533. The summed E-state index contributed by atoms with van der Waals surface area (Å²) in [5.74, 6) is 0.472. The molecule has 1 atom stereocenters. The van der Waals surface area contributed by atoms with E-state index in [0.29, 0.717) is 17.7 Å². The molecule has 122 valence electrons. The number of nitrogens with zero attached hydrogens (tertiary/aromatic N) is 4. The van der Waals surface area contributed by atoms with E-state index in [9.17, 15) is 4.79 Å². The molecule has 2 aliphatic heterocycles. The maximum Gasteiger partial charge on any atom is 0.272 e. The van der Waals surface area contributed by atoms with Crippen molar-refractivity contribution in [2.45, 2.75) is 32.2 Å². The van der Waals surface area contributed by atoms with Gasteiger partial charge in [0.05, 0.1) is 5.69 Å². The Morgan fingerprint density at radius 3 is 2.68 bits per heavy atom. The van der Waals surface area contributed by atoms with E-state index in [-0.39, 0.29) is 5.91 Å². The maximum absolute atomic E-state index is 12.8. The molecule has 0 bridgehead atoms. The first kappa shape index (κ1) is 15.5. The van der Waals surface area contributed by atoms with Crippen LogP contribution in [0.4, 0.5) is 0 Å². The lowest BCUT2D eigenvalue weighted by Gasteiger charge is -2.32. The van der Waals surface area contributed by atoms with E-state index in [1.165, 1.54) is 0 Å². The minimum absolute atomic E-state index is 0.125. The zero-order valence-electron chi connectivity index (χ0n) is 13.9. The van der Waals surface area contributed by atoms with Gasteiger partial charge in [-0.25, -0.2) is 0 Å². The number of hydrogen-bond acceptors (Lipinski definition) is 4. The molecule has 1 amide bonds. The summed E-state index contributed by atoms with van der Waals surface area (Å²) >= 11 is 0. The van der Waals surface area contributed by atoms with Crippen LogP contribution in [0.1, 0.15) is 42.4 Å². The lowest BCUT2D eigenvalue weighted by atomic mass is 10.1. The summed E-state index contributed by atoms with van der Waals surface area (Å²) in [5.41, 5.74) is 1.70. The Morgan fingerprint density at radius 1 is 1.32 bits per heavy atom. The molecule has 1 aromatic heterocycles. The quantitative estimate of drug-likeness (QED) is 0.891. The fourth-order valence-electron chi connectivity index (χ4n) is 3.41. The molecule has 0 aromatic carbocycles. The van der Waals surface area contributed by atoms with E-state index in [0.717, 1.165) is 51.4 Å². The SMILES string of the molecule is CC(C)c1cc(C(=O)N2CCC(N3CCNCC3)C2)n(C)n1. The number of carbonyl (C=O) groups excluding carboxylic acids is 1. The molecule has 2 fully saturated rings. The highest BCUT2D eigenvalue weighted by Crippen LogP contribution is 2.20. The standard InChI is InChI=1S/C16H27N5O/c1-12(2)14-10-15(19(3)18-14)16(22)21-7-4-13(11-21)20-8-5-17-6-9-20/h10,12-13,17H,4-9,11H2,1-3H3. The van der Waals surface area contributed by atoms with Crippen molar-refractivity contribution in [1.29, 1.82) is 0 Å². The largest absolute Gasteiger partial charge is 0.336 e. The maximum atomic E-state index is 12.8. The van der Waals surface area contributed by atoms with E-state index in [1.54, 1.807) is 4.68 Å². The Morgan fingerprint density at radius 2 is 2.05 bits per heavy atom. The number of hydrogen-bond donors (Lipinski definition) is 1. The number of nitrogens with one attached hydrogen (secondary N) is 1. The van der Waals surface area contributed by atoms with E-state index in [4.69, 9.17) is 0 Å². The number of likely N-dealkylation sites (tertiary alicyclic amines) is 1. The summed E-state index contributed by atoms with van der Waals surface area (Å²) in [6.07, 6.45) is 1.08. The zero-order valence-corrected chi connectivity index (χ0v) is 13.9. The summed E-state index contributed by atoms with van der Waals surface area (Å²) in [7, 11) is 1.86. The molecular weight excluding hydrogens is 278 g/mol. The molecule has 6 heteroatoms. The van der Waals surface area contributed by atoms with Gasteiger partial charge in [0.2, 0.25) is 0 Å². The van der Waals surface area contributed by atoms with Crippen LogP contribution in [-0.2, 0) is 7.05 Å². The number of aromatic nitrogens is 2. The van der Waals surface area contributed by atoms with Crippen molar-refractivity contribution in [3.05, 3.63) is 17.5 Å². The van der Waals surface area contributed by atoms with Crippen molar-refractivity contribution in [2.24, 2.45) is 7.05 Å². The summed E-state index contributed by atoms with van der Waals surface area (Å²) in [6, 6.07) is 2.47. The Labute approximate surface area is 132 Å². The summed E-state index contributed by atoms with van der Waals surface area (Å²) in [6.45, 7) is 10.2. The van der Waals surface area contributed by atoms with Gasteiger partial charge < -0.3 is 10.2 Å². The molecule has 0 spiro atoms. The number of carbonyl (C=O) groups is 1. The van der Waals surface area contributed by atoms with Gasteiger partial charge >= 0.3 is 0 Å². The first-order chi connectivity index (χ1) is 10.6. The third-order valence-electron chi connectivity index (χ3n) is 4.83. The first-order valence-corrected chi connectivity index (χ1v) is 8.34. The molecule has 1 aromatic rings. The monoisotopic (exact) mass is 305 g/mol. The molecule has 1 unspecified atom stereocenters. The predicted molar refractivity (Wildman–Crippen MR) is 86.0 cm³/mol. The van der Waals surface area contributed by atoms with Gasteiger partial charge in [-0.05, 0) is 18.4 Å². The lowest BCUT2D eigenvalue weighted by molar-refractivity contribution is 0.0762. The van der Waals surface area contributed by atoms with Crippen LogP contribution in [0.2, 0.25) is 0 Å². The Kier molecular flexibility index (Phi) is 4.49. The summed E-state index contributed by atoms with van der Waals surface area (Å²) in [5, 5.41) is 7.85. The highest BCUT2D eigenvalue weighted by molar-refractivity contribution is 5.93. The summed E-state index contributed by atoms with van der Waals surface area (Å²) in [4.78, 5) is 17.3. The highest BCUT2D eigenvalue weighted by atomic mass is 16.2. The van der Waals surface area contributed by atoms with Gasteiger partial charge in [-0.2, -0.15) is 5.10 Å². The molecule has 0 aliphatic carbocycles. The van der Waals surface area contributed by atoms with Crippen molar-refractivity contribution < 1.29 is 4.79 Å². The van der Waals surface area contributed by atoms with Gasteiger partial charge in [-0.15, -0.1) is 0 Å². The highest BCUT2D eigenvalue weighted by Gasteiger charge is 2.32. The minimum Gasteiger partial charge on any atom is -0.336 e. The van der Waals surface area contributed by atoms with Gasteiger partial charge in [-0.1, -0.05) is 13.8 Å². The molecule has 2 saturated heterocycles. The van der Waals surface area contributed by atoms with E-state index < -0.39 is 0 Å². The van der Waals surface area contributed by atoms with E-state index >= 15 is 0 Å². The normalized spacial score (nSPS) is 23.5. The van der Waals surface area contributed by atoms with Crippen LogP contribution in [-0.4, -0.2) is 70.8 Å². The van der Waals surface area contributed by atoms with Gasteiger partial charge in [0.1, 0.15) is 5.69 Å². The molecule has 1 N–H and O–H groups in total. The van der Waals surface area contributed by atoms with Crippen molar-refractivity contribution in [2.75, 3.05) is 39.3 Å². The van der Waals surface area contributed by atoms with Gasteiger partial charge in [-0.3, -0.25) is 14.4 Å². The number of piperazine rings is 1. The molecule has 22 heavy (non-hydrogen) atoms. The number of rotatable bonds is 3. The topological polar surface area (TPSA) is 53.4 Å². The molecule has 2 aliphatic rings. The van der Waals surface area contributed by atoms with Crippen LogP contribution in [0, 0.1) is 0 Å². The van der Waals surface area contributed by atoms with E-state index in [2.05, 4.69) is 29.2 Å². The number of amides is 1. The third kappa shape index (κ3) is 3.03. The molecule has 0 saturated carbocycles. The van der Waals surface area contributed by atoms with Crippen LogP contribution in [0.15, 0.2) is 6.07 Å². The van der Waals surface area contributed by atoms with Crippen LogP contribution < -0.4 is 5.32 Å². The fourth-order valence-corrected chi connectivity index (χ4v) is 3.41. The first-order valence-electron chi connectivity index (χ1n) is 8.34. The summed E-state index contributed by atoms with van der Waals surface area (Å²) < 4.78 is 1.73. The smallest absolute Gasteiger partial charge is 0.272 e. The van der Waals surface area contributed by atoms with Crippen LogP contribution in [0.5, 0.6) is 0 Å². The second kappa shape index (κ2) is 6.38. The van der Waals surface area contributed by atoms with Crippen LogP contribution in [0.25, 0.3) is 0 Å². The molecule has 0 radical (unpaired) electrons. The molecular formula is C16H27N5O.